The molecule has 0 saturated carbocycles. The highest BCUT2D eigenvalue weighted by molar-refractivity contribution is 7.85. The van der Waals surface area contributed by atoms with E-state index >= 15 is 0 Å². The van der Waals surface area contributed by atoms with Crippen molar-refractivity contribution in [2.24, 2.45) is 5.92 Å². The molecule has 0 spiro atoms. The van der Waals surface area contributed by atoms with E-state index in [1.807, 2.05) is 0 Å². The average molecular weight is 397 g/mol. The van der Waals surface area contributed by atoms with E-state index in [2.05, 4.69) is 35.0 Å². The third kappa shape index (κ3) is 3.28. The van der Waals surface area contributed by atoms with Crippen LogP contribution < -0.4 is 0 Å². The fourth-order valence-electron chi connectivity index (χ4n) is 4.83. The zero-order valence-corrected chi connectivity index (χ0v) is 16.7. The van der Waals surface area contributed by atoms with E-state index in [4.69, 9.17) is 15.8 Å². The summed E-state index contributed by atoms with van der Waals surface area (Å²) in [6.07, 6.45) is 4.08. The van der Waals surface area contributed by atoms with Gasteiger partial charge in [0.05, 0.1) is 12.9 Å². The maximum Gasteiger partial charge on any atom is 0.264 e. The molecule has 3 atom stereocenters. The van der Waals surface area contributed by atoms with Crippen molar-refractivity contribution in [2.75, 3.05) is 26.0 Å². The number of piperidine rings is 1. The van der Waals surface area contributed by atoms with Gasteiger partial charge in [-0.05, 0) is 48.9 Å². The van der Waals surface area contributed by atoms with Crippen LogP contribution in [0.15, 0.2) is 18.2 Å². The average Bonchev–Trinajstić information content (AvgIpc) is 2.90. The molecule has 142 valence electrons. The summed E-state index contributed by atoms with van der Waals surface area (Å²) in [7, 11) is -3.41. The van der Waals surface area contributed by atoms with Gasteiger partial charge in [0, 0.05) is 29.4 Å². The Labute approximate surface area is 159 Å². The van der Waals surface area contributed by atoms with Crippen LogP contribution in [0.1, 0.15) is 36.8 Å². The Morgan fingerprint density at radius 3 is 2.92 bits per heavy atom. The maximum absolute atomic E-state index is 11.4. The Hall–Kier alpha value is -1.08. The van der Waals surface area contributed by atoms with Crippen molar-refractivity contribution in [1.29, 1.82) is 0 Å². The lowest BCUT2D eigenvalue weighted by molar-refractivity contribution is 0.0640. The minimum atomic E-state index is -3.41. The number of hydrogen-bond donors (Lipinski definition) is 1. The number of aromatic amines is 1. The van der Waals surface area contributed by atoms with E-state index in [-0.39, 0.29) is 12.5 Å². The molecule has 1 aromatic heterocycles. The molecule has 1 fully saturated rings. The van der Waals surface area contributed by atoms with Crippen LogP contribution >= 0.6 is 11.6 Å². The van der Waals surface area contributed by atoms with Crippen LogP contribution in [0, 0.1) is 5.92 Å². The molecule has 7 heteroatoms. The molecular formula is C19H25ClN2O3S. The number of likely N-dealkylation sites (tertiary alicyclic amines) is 1. The van der Waals surface area contributed by atoms with E-state index in [1.54, 1.807) is 0 Å². The van der Waals surface area contributed by atoms with Gasteiger partial charge in [-0.25, -0.2) is 0 Å². The molecule has 5 nitrogen and oxygen atoms in total. The Bertz CT molecular complexity index is 924. The molecule has 2 heterocycles. The summed E-state index contributed by atoms with van der Waals surface area (Å²) in [4.78, 5) is 5.82. The number of nitrogens with zero attached hydrogens (tertiary/aromatic N) is 1. The van der Waals surface area contributed by atoms with Gasteiger partial charge >= 0.3 is 0 Å². The van der Waals surface area contributed by atoms with Crippen LogP contribution in [0.2, 0.25) is 5.15 Å². The molecule has 4 rings (SSSR count). The number of rotatable bonds is 5. The molecule has 1 saturated heterocycles. The van der Waals surface area contributed by atoms with Gasteiger partial charge in [0.1, 0.15) is 5.15 Å². The summed E-state index contributed by atoms with van der Waals surface area (Å²) >= 11 is 6.50. The quantitative estimate of drug-likeness (QED) is 0.785. The highest BCUT2D eigenvalue weighted by Crippen LogP contribution is 2.46. The predicted octanol–water partition coefficient (Wildman–Crippen LogP) is 3.54. The highest BCUT2D eigenvalue weighted by Gasteiger charge is 2.41. The van der Waals surface area contributed by atoms with Gasteiger partial charge in [0.2, 0.25) is 0 Å². The fourth-order valence-corrected chi connectivity index (χ4v) is 5.54. The summed E-state index contributed by atoms with van der Waals surface area (Å²) in [5.41, 5.74) is 3.66. The van der Waals surface area contributed by atoms with E-state index in [9.17, 15) is 8.42 Å². The number of aromatic nitrogens is 1. The van der Waals surface area contributed by atoms with E-state index in [0.717, 1.165) is 49.3 Å². The molecule has 0 radical (unpaired) electrons. The first-order chi connectivity index (χ1) is 12.4. The SMILES string of the molecule is CCCN1CC(COS(C)(=O)=O)C[C@@H]2c3cccc4[nH]c(Cl)c(c34)C[C@H]21. The minimum Gasteiger partial charge on any atom is -0.345 e. The lowest BCUT2D eigenvalue weighted by atomic mass is 9.72. The van der Waals surface area contributed by atoms with Crippen molar-refractivity contribution in [3.8, 4) is 0 Å². The Balaban J connectivity index is 1.70. The Morgan fingerprint density at radius 1 is 1.38 bits per heavy atom. The lowest BCUT2D eigenvalue weighted by Crippen LogP contribution is -2.51. The molecule has 2 aromatic rings. The molecule has 0 bridgehead atoms. The summed E-state index contributed by atoms with van der Waals surface area (Å²) in [6.45, 7) is 4.32. The van der Waals surface area contributed by atoms with Crippen molar-refractivity contribution < 1.29 is 12.6 Å². The van der Waals surface area contributed by atoms with Gasteiger partial charge in [-0.15, -0.1) is 0 Å². The summed E-state index contributed by atoms with van der Waals surface area (Å²) in [6, 6.07) is 6.77. The van der Waals surface area contributed by atoms with E-state index in [0.29, 0.717) is 12.0 Å². The monoisotopic (exact) mass is 396 g/mol. The number of fused-ring (bicyclic) bond motifs is 2. The molecular weight excluding hydrogens is 372 g/mol. The fraction of sp³-hybridized carbons (Fsp3) is 0.579. The van der Waals surface area contributed by atoms with Gasteiger partial charge in [0.25, 0.3) is 10.1 Å². The highest BCUT2D eigenvalue weighted by atomic mass is 35.5. The van der Waals surface area contributed by atoms with Gasteiger partial charge in [0.15, 0.2) is 0 Å². The largest absolute Gasteiger partial charge is 0.345 e. The van der Waals surface area contributed by atoms with Crippen molar-refractivity contribution >= 4 is 32.6 Å². The molecule has 1 aliphatic heterocycles. The number of H-pyrrole nitrogens is 1. The first kappa shape index (κ1) is 18.3. The van der Waals surface area contributed by atoms with Crippen LogP contribution in [-0.2, 0) is 20.7 Å². The van der Waals surface area contributed by atoms with Crippen molar-refractivity contribution in [1.82, 2.24) is 9.88 Å². The summed E-state index contributed by atoms with van der Waals surface area (Å²) in [5, 5.41) is 2.02. The zero-order valence-electron chi connectivity index (χ0n) is 15.2. The number of nitrogens with one attached hydrogen (secondary N) is 1. The smallest absolute Gasteiger partial charge is 0.264 e. The topological polar surface area (TPSA) is 62.4 Å². The standard InChI is InChI=1S/C19H25ClN2O3S/c1-3-7-22-10-12(11-25-26(2,23)24)8-14-13-5-4-6-16-18(13)15(9-17(14)22)19(20)21-16/h4-6,12,14,17,21H,3,7-11H2,1-2H3/t12?,14-,17-/m1/s1. The van der Waals surface area contributed by atoms with Gasteiger partial charge in [-0.2, -0.15) is 8.42 Å². The van der Waals surface area contributed by atoms with Crippen molar-refractivity contribution in [2.45, 2.75) is 38.1 Å². The summed E-state index contributed by atoms with van der Waals surface area (Å²) in [5.74, 6) is 0.593. The van der Waals surface area contributed by atoms with Crippen molar-refractivity contribution in [3.05, 3.63) is 34.5 Å². The first-order valence-corrected chi connectivity index (χ1v) is 11.4. The first-order valence-electron chi connectivity index (χ1n) is 9.24. The second kappa shape index (κ2) is 6.82. The van der Waals surface area contributed by atoms with E-state index < -0.39 is 10.1 Å². The van der Waals surface area contributed by atoms with Crippen LogP contribution in [0.4, 0.5) is 0 Å². The minimum absolute atomic E-state index is 0.212. The Kier molecular flexibility index (Phi) is 4.80. The van der Waals surface area contributed by atoms with Crippen LogP contribution in [0.5, 0.6) is 0 Å². The number of benzene rings is 1. The van der Waals surface area contributed by atoms with Gasteiger partial charge in [-0.3, -0.25) is 9.08 Å². The van der Waals surface area contributed by atoms with Crippen LogP contribution in [0.3, 0.4) is 0 Å². The zero-order chi connectivity index (χ0) is 18.5. The maximum atomic E-state index is 11.4. The van der Waals surface area contributed by atoms with Gasteiger partial charge < -0.3 is 4.98 Å². The summed E-state index contributed by atoms with van der Waals surface area (Å²) < 4.78 is 28.0. The third-order valence-electron chi connectivity index (χ3n) is 5.76. The van der Waals surface area contributed by atoms with Crippen LogP contribution in [-0.4, -0.2) is 50.3 Å². The molecule has 26 heavy (non-hydrogen) atoms. The van der Waals surface area contributed by atoms with E-state index in [1.165, 1.54) is 16.5 Å². The van der Waals surface area contributed by atoms with Crippen LogP contribution in [0.25, 0.3) is 10.9 Å². The second-order valence-electron chi connectivity index (χ2n) is 7.65. The molecule has 0 amide bonds. The second-order valence-corrected chi connectivity index (χ2v) is 9.67. The molecule has 2 aliphatic rings. The van der Waals surface area contributed by atoms with Gasteiger partial charge in [-0.1, -0.05) is 30.7 Å². The normalized spacial score (nSPS) is 26.2. The number of hydrogen-bond acceptors (Lipinski definition) is 4. The lowest BCUT2D eigenvalue weighted by Gasteiger charge is -2.47. The number of halogens is 1. The Morgan fingerprint density at radius 2 is 2.19 bits per heavy atom. The molecule has 1 unspecified atom stereocenters. The molecule has 1 aromatic carbocycles. The van der Waals surface area contributed by atoms with Crippen molar-refractivity contribution in [3.63, 3.8) is 0 Å². The third-order valence-corrected chi connectivity index (χ3v) is 6.65. The molecule has 1 aliphatic carbocycles. The predicted molar refractivity (Wildman–Crippen MR) is 104 cm³/mol. The molecule has 1 N–H and O–H groups in total.